The van der Waals surface area contributed by atoms with Crippen LogP contribution in [0.1, 0.15) is 79.1 Å². The minimum Gasteiger partial charge on any atom is -0.379 e. The van der Waals surface area contributed by atoms with Gasteiger partial charge in [-0.2, -0.15) is 0 Å². The van der Waals surface area contributed by atoms with Crippen molar-refractivity contribution in [2.45, 2.75) is 110 Å². The molecule has 0 aromatic rings. The second-order valence-corrected chi connectivity index (χ2v) is 9.17. The van der Waals surface area contributed by atoms with Crippen molar-refractivity contribution in [1.82, 2.24) is 0 Å². The van der Waals surface area contributed by atoms with Crippen LogP contribution in [0.2, 0.25) is 0 Å². The summed E-state index contributed by atoms with van der Waals surface area (Å²) in [4.78, 5) is 0. The summed E-state index contributed by atoms with van der Waals surface area (Å²) in [6, 6.07) is 0. The third-order valence-electron chi connectivity index (χ3n) is 5.39. The first-order chi connectivity index (χ1) is 15.1. The van der Waals surface area contributed by atoms with E-state index in [1.54, 1.807) is 0 Å². The molecule has 7 nitrogen and oxygen atoms in total. The predicted octanol–water partition coefficient (Wildman–Crippen LogP) is 4.35. The van der Waals surface area contributed by atoms with Crippen molar-refractivity contribution in [3.63, 3.8) is 0 Å². The summed E-state index contributed by atoms with van der Waals surface area (Å²) >= 11 is -2.00. The molecule has 1 aliphatic heterocycles. The fourth-order valence-electron chi connectivity index (χ4n) is 3.53. The molecular formula is C23H46O7S. The Balaban J connectivity index is 3.06. The molecule has 0 bridgehead atoms. The Kier molecular flexibility index (Phi) is 17.1. The van der Waals surface area contributed by atoms with Crippen molar-refractivity contribution in [1.29, 1.82) is 0 Å². The zero-order valence-corrected chi connectivity index (χ0v) is 20.9. The van der Waals surface area contributed by atoms with Gasteiger partial charge in [0.25, 0.3) is 0 Å². The van der Waals surface area contributed by atoms with E-state index in [0.717, 1.165) is 51.4 Å². The molecule has 1 heterocycles. The van der Waals surface area contributed by atoms with Gasteiger partial charge in [0, 0.05) is 26.4 Å². The Morgan fingerprint density at radius 3 is 1.65 bits per heavy atom. The Bertz CT molecular complexity index is 452. The lowest BCUT2D eigenvalue weighted by Crippen LogP contribution is -2.62. The average molecular weight is 467 g/mol. The third-order valence-corrected chi connectivity index (χ3v) is 6.00. The van der Waals surface area contributed by atoms with Crippen LogP contribution in [0.4, 0.5) is 0 Å². The molecule has 1 fully saturated rings. The molecule has 1 saturated heterocycles. The molecule has 186 valence electrons. The molecule has 0 spiro atoms. The highest BCUT2D eigenvalue weighted by Crippen LogP contribution is 2.30. The second-order valence-electron chi connectivity index (χ2n) is 8.20. The molecule has 8 heteroatoms. The lowest BCUT2D eigenvalue weighted by atomic mass is 9.94. The van der Waals surface area contributed by atoms with E-state index in [1.807, 2.05) is 0 Å². The Labute approximate surface area is 192 Å². The lowest BCUT2D eigenvalue weighted by molar-refractivity contribution is -0.261. The first-order valence-corrected chi connectivity index (χ1v) is 13.5. The normalized spacial score (nSPS) is 27.5. The van der Waals surface area contributed by atoms with Crippen LogP contribution in [0.3, 0.4) is 0 Å². The van der Waals surface area contributed by atoms with Crippen LogP contribution in [0.15, 0.2) is 0 Å². The van der Waals surface area contributed by atoms with Gasteiger partial charge in [0.2, 0.25) is 0 Å². The molecule has 0 radical (unpaired) electrons. The molecule has 0 amide bonds. The van der Waals surface area contributed by atoms with Crippen LogP contribution in [0, 0.1) is 0 Å². The maximum atomic E-state index is 11.7. The molecule has 6 unspecified atom stereocenters. The largest absolute Gasteiger partial charge is 0.379 e. The highest BCUT2D eigenvalue weighted by Gasteiger charge is 2.48. The summed E-state index contributed by atoms with van der Waals surface area (Å²) in [6.45, 7) is 11.3. The van der Waals surface area contributed by atoms with Crippen molar-refractivity contribution < 1.29 is 32.4 Å². The van der Waals surface area contributed by atoms with Gasteiger partial charge in [0.05, 0.1) is 12.4 Å². The zero-order valence-electron chi connectivity index (χ0n) is 20.1. The van der Waals surface area contributed by atoms with Crippen molar-refractivity contribution >= 4 is 11.1 Å². The van der Waals surface area contributed by atoms with Crippen molar-refractivity contribution in [3.8, 4) is 0 Å². The molecule has 31 heavy (non-hydrogen) atoms. The Morgan fingerprint density at radius 2 is 1.16 bits per heavy atom. The third kappa shape index (κ3) is 11.6. The van der Waals surface area contributed by atoms with E-state index in [9.17, 15) is 8.76 Å². The first kappa shape index (κ1) is 28.9. The van der Waals surface area contributed by atoms with E-state index in [-0.39, 0.29) is 24.1 Å². The van der Waals surface area contributed by atoms with Crippen molar-refractivity contribution in [2.75, 3.05) is 38.8 Å². The molecule has 1 aliphatic rings. The van der Waals surface area contributed by atoms with Gasteiger partial charge in [-0.25, -0.2) is 4.21 Å². The van der Waals surface area contributed by atoms with E-state index in [2.05, 4.69) is 27.7 Å². The predicted molar refractivity (Wildman–Crippen MR) is 124 cm³/mol. The van der Waals surface area contributed by atoms with Gasteiger partial charge in [-0.3, -0.25) is 0 Å². The lowest BCUT2D eigenvalue weighted by Gasteiger charge is -2.46. The molecule has 1 rings (SSSR count). The molecule has 0 aromatic heterocycles. The highest BCUT2D eigenvalue weighted by molar-refractivity contribution is 7.79. The number of rotatable bonds is 19. The summed E-state index contributed by atoms with van der Waals surface area (Å²) < 4.78 is 52.2. The smallest absolute Gasteiger partial charge is 0.155 e. The van der Waals surface area contributed by atoms with Gasteiger partial charge in [0.15, 0.2) is 11.1 Å². The average Bonchev–Trinajstić information content (AvgIpc) is 2.74. The monoisotopic (exact) mass is 466 g/mol. The summed E-state index contributed by atoms with van der Waals surface area (Å²) in [7, 11) is 0. The van der Waals surface area contributed by atoms with Crippen molar-refractivity contribution in [2.24, 2.45) is 0 Å². The Hall–Kier alpha value is -0.0900. The van der Waals surface area contributed by atoms with Crippen LogP contribution >= 0.6 is 0 Å². The van der Waals surface area contributed by atoms with Crippen LogP contribution in [0.5, 0.6) is 0 Å². The number of ether oxygens (including phenoxy) is 5. The zero-order chi connectivity index (χ0) is 22.9. The summed E-state index contributed by atoms with van der Waals surface area (Å²) in [5, 5.41) is 0. The minimum atomic E-state index is -2.00. The molecule has 6 atom stereocenters. The van der Waals surface area contributed by atoms with E-state index >= 15 is 0 Å². The summed E-state index contributed by atoms with van der Waals surface area (Å²) in [5.74, 6) is -0.0163. The van der Waals surface area contributed by atoms with Crippen LogP contribution in [-0.2, 0) is 34.8 Å². The molecule has 0 aliphatic carbocycles. The van der Waals surface area contributed by atoms with E-state index < -0.39 is 23.3 Å². The van der Waals surface area contributed by atoms with Crippen LogP contribution < -0.4 is 0 Å². The first-order valence-electron chi connectivity index (χ1n) is 12.2. The van der Waals surface area contributed by atoms with E-state index in [4.69, 9.17) is 23.7 Å². The van der Waals surface area contributed by atoms with Gasteiger partial charge >= 0.3 is 0 Å². The van der Waals surface area contributed by atoms with E-state index in [1.165, 1.54) is 0 Å². The van der Waals surface area contributed by atoms with E-state index in [0.29, 0.717) is 33.0 Å². The van der Waals surface area contributed by atoms with Gasteiger partial charge in [-0.15, -0.1) is 0 Å². The number of hydrogen-bond acceptors (Lipinski definition) is 6. The maximum Gasteiger partial charge on any atom is 0.155 e. The van der Waals surface area contributed by atoms with Gasteiger partial charge < -0.3 is 28.2 Å². The standard InChI is InChI=1S/C23H46O7S/c1-5-9-13-26-17-19-21(27-14-10-6-2)23(29-16-12-8-4)22(28-15-11-7-3)20(30-19)18-31(24)25/h19-23H,5-18H2,1-4H3,(H,24,25). The van der Waals surface area contributed by atoms with Crippen LogP contribution in [-0.4, -0.2) is 78.1 Å². The highest BCUT2D eigenvalue weighted by atomic mass is 32.2. The fourth-order valence-corrected chi connectivity index (χ4v) is 4.08. The van der Waals surface area contributed by atoms with Crippen LogP contribution in [0.25, 0.3) is 0 Å². The summed E-state index contributed by atoms with van der Waals surface area (Å²) in [6.07, 6.45) is 5.88. The molecule has 1 N–H and O–H groups in total. The quantitative estimate of drug-likeness (QED) is 0.224. The fraction of sp³-hybridized carbons (Fsp3) is 1.00. The van der Waals surface area contributed by atoms with Gasteiger partial charge in [0.1, 0.15) is 30.5 Å². The minimum absolute atomic E-state index is 0.0163. The summed E-state index contributed by atoms with van der Waals surface area (Å²) in [5.41, 5.74) is 0. The SMILES string of the molecule is CCCCOCC1OC(CS(=O)O)C(OCCCC)C(OCCCC)C1OCCCC. The maximum absolute atomic E-state index is 11.7. The molecular weight excluding hydrogens is 420 g/mol. The molecule has 0 saturated carbocycles. The topological polar surface area (TPSA) is 83.5 Å². The second kappa shape index (κ2) is 18.3. The number of unbranched alkanes of at least 4 members (excludes halogenated alkanes) is 4. The van der Waals surface area contributed by atoms with Gasteiger partial charge in [-0.05, 0) is 25.7 Å². The molecule has 0 aromatic carbocycles. The number of hydrogen-bond donors (Lipinski definition) is 1. The van der Waals surface area contributed by atoms with Crippen molar-refractivity contribution in [3.05, 3.63) is 0 Å². The van der Waals surface area contributed by atoms with Gasteiger partial charge in [-0.1, -0.05) is 53.4 Å². The Morgan fingerprint density at radius 1 is 0.710 bits per heavy atom.